The van der Waals surface area contributed by atoms with Crippen molar-refractivity contribution in [2.24, 2.45) is 0 Å². The topological polar surface area (TPSA) is 0 Å². The summed E-state index contributed by atoms with van der Waals surface area (Å²) < 4.78 is 0. The lowest BCUT2D eigenvalue weighted by Gasteiger charge is -2.24. The fourth-order valence-corrected chi connectivity index (χ4v) is 3.91. The van der Waals surface area contributed by atoms with E-state index in [4.69, 9.17) is 6.42 Å². The molecule has 0 radical (unpaired) electrons. The highest BCUT2D eigenvalue weighted by Crippen LogP contribution is 2.41. The summed E-state index contributed by atoms with van der Waals surface area (Å²) in [5, 5.41) is 0. The molecule has 0 N–H and O–H groups in total. The quantitative estimate of drug-likeness (QED) is 0.525. The fourth-order valence-electron chi connectivity index (χ4n) is 3.91. The van der Waals surface area contributed by atoms with Gasteiger partial charge in [-0.25, -0.2) is 0 Å². The molecule has 0 spiro atoms. The van der Waals surface area contributed by atoms with Crippen LogP contribution in [-0.4, -0.2) is 0 Å². The largest absolute Gasteiger partial charge is 0.115 e. The van der Waals surface area contributed by atoms with E-state index in [2.05, 4.69) is 80.4 Å². The van der Waals surface area contributed by atoms with Crippen molar-refractivity contribution in [3.05, 3.63) is 56.6 Å². The molecule has 0 bridgehead atoms. The zero-order valence-corrected chi connectivity index (χ0v) is 17.4. The minimum Gasteiger partial charge on any atom is -0.115 e. The second-order valence-corrected chi connectivity index (χ2v) is 8.02. The van der Waals surface area contributed by atoms with Gasteiger partial charge in [0.05, 0.1) is 0 Å². The van der Waals surface area contributed by atoms with Crippen LogP contribution in [0.25, 0.3) is 11.1 Å². The Hall–Kier alpha value is -2.00. The van der Waals surface area contributed by atoms with Crippen molar-refractivity contribution in [1.29, 1.82) is 0 Å². The number of hydrogen-bond acceptors (Lipinski definition) is 0. The molecule has 0 aliphatic heterocycles. The second kappa shape index (κ2) is 7.09. The first-order valence-electron chi connectivity index (χ1n) is 9.33. The monoisotopic (exact) mass is 332 g/mol. The molecule has 0 heterocycles. The summed E-state index contributed by atoms with van der Waals surface area (Å²) in [5.74, 6) is 3.95. The Morgan fingerprint density at radius 2 is 1.12 bits per heavy atom. The van der Waals surface area contributed by atoms with Crippen LogP contribution in [0.3, 0.4) is 0 Å². The molecule has 0 saturated carbocycles. The standard InChI is InChI=1S/C25H32/c1-11-21-23(15(4)5)13-17(7)19(9)25(21)24-18(8)16(6)12-22(14(2)3)20(24)10/h1,12-15H,2-10H3. The van der Waals surface area contributed by atoms with Crippen molar-refractivity contribution in [2.45, 2.75) is 74.1 Å². The Balaban J connectivity index is 3.05. The van der Waals surface area contributed by atoms with Crippen molar-refractivity contribution in [2.75, 3.05) is 0 Å². The number of aryl methyl sites for hydroxylation is 2. The molecule has 0 amide bonds. The van der Waals surface area contributed by atoms with Gasteiger partial charge < -0.3 is 0 Å². The fraction of sp³-hybridized carbons (Fsp3) is 0.440. The molecule has 2 aromatic rings. The Labute approximate surface area is 154 Å². The van der Waals surface area contributed by atoms with Crippen LogP contribution < -0.4 is 0 Å². The molecule has 0 fully saturated rings. The van der Waals surface area contributed by atoms with Crippen LogP contribution in [0, 0.1) is 47.0 Å². The molecule has 25 heavy (non-hydrogen) atoms. The summed E-state index contributed by atoms with van der Waals surface area (Å²) >= 11 is 0. The number of rotatable bonds is 3. The predicted octanol–water partition coefficient (Wildman–Crippen LogP) is 7.12. The van der Waals surface area contributed by atoms with Crippen molar-refractivity contribution in [3.63, 3.8) is 0 Å². The van der Waals surface area contributed by atoms with E-state index in [9.17, 15) is 0 Å². The summed E-state index contributed by atoms with van der Waals surface area (Å²) in [7, 11) is 0. The normalized spacial score (nSPS) is 11.3. The van der Waals surface area contributed by atoms with Crippen molar-refractivity contribution < 1.29 is 0 Å². The summed E-state index contributed by atoms with van der Waals surface area (Å²) in [6.45, 7) is 20.1. The van der Waals surface area contributed by atoms with Gasteiger partial charge in [-0.05, 0) is 91.0 Å². The lowest BCUT2D eigenvalue weighted by Crippen LogP contribution is -2.06. The molecule has 0 aromatic heterocycles. The number of terminal acetylenes is 1. The molecule has 2 aromatic carbocycles. The molecule has 0 aliphatic rings. The average Bonchev–Trinajstić information content (AvgIpc) is 2.54. The highest BCUT2D eigenvalue weighted by atomic mass is 14.2. The van der Waals surface area contributed by atoms with Gasteiger partial charge in [0.15, 0.2) is 0 Å². The molecule has 0 unspecified atom stereocenters. The number of benzene rings is 2. The van der Waals surface area contributed by atoms with Gasteiger partial charge in [0.1, 0.15) is 0 Å². The van der Waals surface area contributed by atoms with E-state index in [0.29, 0.717) is 11.8 Å². The van der Waals surface area contributed by atoms with Crippen LogP contribution in [0.1, 0.15) is 84.0 Å². The third-order valence-electron chi connectivity index (χ3n) is 5.66. The van der Waals surface area contributed by atoms with Gasteiger partial charge in [0, 0.05) is 11.1 Å². The second-order valence-electron chi connectivity index (χ2n) is 8.02. The molecule has 0 heteroatoms. The van der Waals surface area contributed by atoms with Crippen molar-refractivity contribution in [1.82, 2.24) is 0 Å². The predicted molar refractivity (Wildman–Crippen MR) is 112 cm³/mol. The van der Waals surface area contributed by atoms with E-state index in [0.717, 1.165) is 5.56 Å². The third-order valence-corrected chi connectivity index (χ3v) is 5.66. The Morgan fingerprint density at radius 1 is 0.680 bits per heavy atom. The molecule has 0 atom stereocenters. The average molecular weight is 333 g/mol. The van der Waals surface area contributed by atoms with Crippen LogP contribution in [0.5, 0.6) is 0 Å². The van der Waals surface area contributed by atoms with E-state index in [-0.39, 0.29) is 0 Å². The van der Waals surface area contributed by atoms with Crippen LogP contribution >= 0.6 is 0 Å². The molecule has 0 aliphatic carbocycles. The minimum absolute atomic E-state index is 0.416. The first kappa shape index (κ1) is 19.3. The van der Waals surface area contributed by atoms with E-state index in [1.807, 2.05) is 0 Å². The van der Waals surface area contributed by atoms with Crippen LogP contribution in [0.4, 0.5) is 0 Å². The van der Waals surface area contributed by atoms with Gasteiger partial charge in [-0.1, -0.05) is 45.7 Å². The summed E-state index contributed by atoms with van der Waals surface area (Å²) in [4.78, 5) is 0. The molecule has 132 valence electrons. The SMILES string of the molecule is C#Cc1c(C(C)C)cc(C)c(C)c1-c1c(C)c(C)cc(C(C)C)c1C. The van der Waals surface area contributed by atoms with Gasteiger partial charge in [0.2, 0.25) is 0 Å². The first-order chi connectivity index (χ1) is 11.6. The van der Waals surface area contributed by atoms with Crippen LogP contribution in [0.15, 0.2) is 12.1 Å². The van der Waals surface area contributed by atoms with Gasteiger partial charge in [-0.3, -0.25) is 0 Å². The highest BCUT2D eigenvalue weighted by molar-refractivity contribution is 5.83. The highest BCUT2D eigenvalue weighted by Gasteiger charge is 2.21. The third kappa shape index (κ3) is 3.25. The maximum atomic E-state index is 6.03. The minimum atomic E-state index is 0.416. The summed E-state index contributed by atoms with van der Waals surface area (Å²) in [6.07, 6.45) is 6.03. The molecule has 0 nitrogen and oxygen atoms in total. The smallest absolute Gasteiger partial charge is 0.0358 e. The molecule has 0 saturated heterocycles. The van der Waals surface area contributed by atoms with Crippen LogP contribution in [-0.2, 0) is 0 Å². The summed E-state index contributed by atoms with van der Waals surface area (Å²) in [6, 6.07) is 4.63. The van der Waals surface area contributed by atoms with E-state index in [1.54, 1.807) is 0 Å². The van der Waals surface area contributed by atoms with Crippen molar-refractivity contribution in [3.8, 4) is 23.5 Å². The van der Waals surface area contributed by atoms with E-state index >= 15 is 0 Å². The lowest BCUT2D eigenvalue weighted by atomic mass is 9.79. The van der Waals surface area contributed by atoms with Gasteiger partial charge in [0.25, 0.3) is 0 Å². The molecular formula is C25H32. The zero-order chi connectivity index (χ0) is 19.0. The molecule has 2 rings (SSSR count). The van der Waals surface area contributed by atoms with E-state index < -0.39 is 0 Å². The number of hydrogen-bond donors (Lipinski definition) is 0. The van der Waals surface area contributed by atoms with Gasteiger partial charge >= 0.3 is 0 Å². The lowest BCUT2D eigenvalue weighted by molar-refractivity contribution is 0.852. The maximum absolute atomic E-state index is 6.03. The molecular weight excluding hydrogens is 300 g/mol. The summed E-state index contributed by atoms with van der Waals surface area (Å²) in [5.41, 5.74) is 13.1. The Kier molecular flexibility index (Phi) is 5.48. The maximum Gasteiger partial charge on any atom is 0.0358 e. The first-order valence-corrected chi connectivity index (χ1v) is 9.33. The van der Waals surface area contributed by atoms with E-state index in [1.165, 1.54) is 50.1 Å². The van der Waals surface area contributed by atoms with Gasteiger partial charge in [-0.15, -0.1) is 6.42 Å². The van der Waals surface area contributed by atoms with Crippen LogP contribution in [0.2, 0.25) is 0 Å². The zero-order valence-electron chi connectivity index (χ0n) is 17.4. The Bertz CT molecular complexity index is 855. The van der Waals surface area contributed by atoms with Crippen molar-refractivity contribution >= 4 is 0 Å². The van der Waals surface area contributed by atoms with Gasteiger partial charge in [-0.2, -0.15) is 0 Å². The Morgan fingerprint density at radius 3 is 1.56 bits per heavy atom.